The molecule has 1 aliphatic heterocycles. The number of rotatable bonds is 3. The van der Waals surface area contributed by atoms with Crippen molar-refractivity contribution in [1.82, 2.24) is 15.0 Å². The summed E-state index contributed by atoms with van der Waals surface area (Å²) in [7, 11) is 0. The van der Waals surface area contributed by atoms with Crippen molar-refractivity contribution in [3.8, 4) is 11.4 Å². The first kappa shape index (κ1) is 13.9. The van der Waals surface area contributed by atoms with Crippen LogP contribution in [0.1, 0.15) is 43.9 Å². The number of aromatic nitrogens is 2. The van der Waals surface area contributed by atoms with Gasteiger partial charge in [-0.2, -0.15) is 16.3 Å². The molecule has 3 heterocycles. The van der Waals surface area contributed by atoms with Crippen molar-refractivity contribution in [2.75, 3.05) is 13.1 Å². The summed E-state index contributed by atoms with van der Waals surface area (Å²) in [4.78, 5) is 18.8. The number of nitrogens with zero attached hydrogens (tertiary/aromatic N) is 3. The first-order chi connectivity index (χ1) is 10.8. The van der Waals surface area contributed by atoms with Crippen molar-refractivity contribution in [2.45, 2.75) is 38.0 Å². The zero-order chi connectivity index (χ0) is 14.9. The predicted octanol–water partition coefficient (Wildman–Crippen LogP) is 3.30. The van der Waals surface area contributed by atoms with Gasteiger partial charge in [-0.3, -0.25) is 4.79 Å². The van der Waals surface area contributed by atoms with Crippen LogP contribution in [-0.2, 0) is 4.79 Å². The van der Waals surface area contributed by atoms with E-state index >= 15 is 0 Å². The molecule has 5 nitrogen and oxygen atoms in total. The van der Waals surface area contributed by atoms with Crippen LogP contribution in [0.15, 0.2) is 21.3 Å². The van der Waals surface area contributed by atoms with E-state index < -0.39 is 0 Å². The molecule has 1 saturated carbocycles. The zero-order valence-corrected chi connectivity index (χ0v) is 13.2. The first-order valence-corrected chi connectivity index (χ1v) is 8.90. The summed E-state index contributed by atoms with van der Waals surface area (Å²) in [5.74, 6) is 2.09. The van der Waals surface area contributed by atoms with Crippen LogP contribution in [0.3, 0.4) is 0 Å². The predicted molar refractivity (Wildman–Crippen MR) is 83.5 cm³/mol. The maximum Gasteiger partial charge on any atom is 0.233 e. The topological polar surface area (TPSA) is 59.2 Å². The second-order valence-corrected chi connectivity index (χ2v) is 7.02. The van der Waals surface area contributed by atoms with Crippen LogP contribution >= 0.6 is 11.3 Å². The number of hydrogen-bond donors (Lipinski definition) is 0. The van der Waals surface area contributed by atoms with Crippen LogP contribution in [0.2, 0.25) is 0 Å². The quantitative estimate of drug-likeness (QED) is 0.871. The monoisotopic (exact) mass is 317 g/mol. The van der Waals surface area contributed by atoms with Gasteiger partial charge in [0.25, 0.3) is 0 Å². The minimum absolute atomic E-state index is 0.201. The van der Waals surface area contributed by atoms with E-state index in [0.717, 1.165) is 31.5 Å². The number of amides is 1. The molecule has 1 amide bonds. The molecule has 0 bridgehead atoms. The number of hydrogen-bond acceptors (Lipinski definition) is 5. The third kappa shape index (κ3) is 2.56. The van der Waals surface area contributed by atoms with Gasteiger partial charge in [0.1, 0.15) is 0 Å². The van der Waals surface area contributed by atoms with Gasteiger partial charge in [0, 0.05) is 30.0 Å². The average molecular weight is 317 g/mol. The van der Waals surface area contributed by atoms with E-state index in [4.69, 9.17) is 4.52 Å². The molecule has 22 heavy (non-hydrogen) atoms. The van der Waals surface area contributed by atoms with Crippen molar-refractivity contribution in [3.63, 3.8) is 0 Å². The summed E-state index contributed by atoms with van der Waals surface area (Å²) in [5, 5.41) is 8.05. The Morgan fingerprint density at radius 3 is 2.82 bits per heavy atom. The molecule has 0 atom stereocenters. The lowest BCUT2D eigenvalue weighted by Crippen LogP contribution is -2.51. The maximum atomic E-state index is 12.4. The van der Waals surface area contributed by atoms with Gasteiger partial charge in [-0.05, 0) is 24.3 Å². The summed E-state index contributed by atoms with van der Waals surface area (Å²) in [6, 6.07) is 1.99. The molecular weight excluding hydrogens is 298 g/mol. The molecule has 1 aliphatic carbocycles. The van der Waals surface area contributed by atoms with Crippen molar-refractivity contribution >= 4 is 17.2 Å². The number of likely N-dealkylation sites (tertiary alicyclic amines) is 1. The fourth-order valence-corrected chi connectivity index (χ4v) is 3.97. The van der Waals surface area contributed by atoms with Crippen molar-refractivity contribution in [2.24, 2.45) is 5.92 Å². The zero-order valence-electron chi connectivity index (χ0n) is 12.4. The summed E-state index contributed by atoms with van der Waals surface area (Å²) in [5.41, 5.74) is 0.995. The lowest BCUT2D eigenvalue weighted by molar-refractivity contribution is -0.141. The molecule has 0 unspecified atom stereocenters. The lowest BCUT2D eigenvalue weighted by Gasteiger charge is -2.39. The molecule has 116 valence electrons. The maximum absolute atomic E-state index is 12.4. The standard InChI is InChI=1S/C16H19N3O2S/c20-16(11-4-2-1-3-5-11)19-8-13(9-19)15-17-14(18-21-15)12-6-7-22-10-12/h6-7,10-11,13H,1-5,8-9H2. The summed E-state index contributed by atoms with van der Waals surface area (Å²) >= 11 is 1.62. The molecule has 2 aliphatic rings. The van der Waals surface area contributed by atoms with Crippen molar-refractivity contribution < 1.29 is 9.32 Å². The average Bonchev–Trinajstić information content (AvgIpc) is 3.17. The smallest absolute Gasteiger partial charge is 0.233 e. The molecule has 2 aromatic heterocycles. The Labute approximate surface area is 133 Å². The first-order valence-electron chi connectivity index (χ1n) is 7.96. The Balaban J connectivity index is 1.36. The molecule has 0 aromatic carbocycles. The van der Waals surface area contributed by atoms with Gasteiger partial charge in [0.05, 0.1) is 5.92 Å². The Hall–Kier alpha value is -1.69. The van der Waals surface area contributed by atoms with Crippen LogP contribution in [0.4, 0.5) is 0 Å². The Morgan fingerprint density at radius 1 is 1.27 bits per heavy atom. The highest BCUT2D eigenvalue weighted by atomic mass is 32.1. The molecule has 0 spiro atoms. The summed E-state index contributed by atoms with van der Waals surface area (Å²) in [6.07, 6.45) is 5.79. The van der Waals surface area contributed by atoms with E-state index in [2.05, 4.69) is 10.1 Å². The van der Waals surface area contributed by atoms with E-state index in [0.29, 0.717) is 17.6 Å². The lowest BCUT2D eigenvalue weighted by atomic mass is 9.86. The van der Waals surface area contributed by atoms with Crippen molar-refractivity contribution in [3.05, 3.63) is 22.7 Å². The second kappa shape index (κ2) is 5.83. The van der Waals surface area contributed by atoms with E-state index in [1.165, 1.54) is 19.3 Å². The number of carbonyl (C=O) groups is 1. The highest BCUT2D eigenvalue weighted by molar-refractivity contribution is 7.08. The summed E-state index contributed by atoms with van der Waals surface area (Å²) in [6.45, 7) is 1.45. The molecule has 2 fully saturated rings. The van der Waals surface area contributed by atoms with Gasteiger partial charge in [0.15, 0.2) is 0 Å². The third-order valence-corrected chi connectivity index (χ3v) is 5.40. The van der Waals surface area contributed by atoms with Gasteiger partial charge in [-0.25, -0.2) is 0 Å². The number of thiophene rings is 1. The molecule has 4 rings (SSSR count). The Bertz CT molecular complexity index is 640. The Kier molecular flexibility index (Phi) is 3.70. The molecule has 6 heteroatoms. The van der Waals surface area contributed by atoms with Crippen LogP contribution in [0.25, 0.3) is 11.4 Å². The fourth-order valence-electron chi connectivity index (χ4n) is 3.33. The van der Waals surface area contributed by atoms with E-state index in [-0.39, 0.29) is 11.8 Å². The van der Waals surface area contributed by atoms with Gasteiger partial charge < -0.3 is 9.42 Å². The molecule has 1 saturated heterocycles. The fraction of sp³-hybridized carbons (Fsp3) is 0.562. The van der Waals surface area contributed by atoms with Crippen LogP contribution in [0.5, 0.6) is 0 Å². The van der Waals surface area contributed by atoms with Gasteiger partial charge in [-0.1, -0.05) is 24.4 Å². The number of carbonyl (C=O) groups excluding carboxylic acids is 1. The third-order valence-electron chi connectivity index (χ3n) is 4.72. The molecule has 2 aromatic rings. The molecule has 0 radical (unpaired) electrons. The SMILES string of the molecule is O=C(C1CCCCC1)N1CC(c2nc(-c3ccsc3)no2)C1. The molecular formula is C16H19N3O2S. The van der Waals surface area contributed by atoms with Crippen LogP contribution in [0, 0.1) is 5.92 Å². The van der Waals surface area contributed by atoms with E-state index in [1.807, 2.05) is 21.7 Å². The molecule has 0 N–H and O–H groups in total. The van der Waals surface area contributed by atoms with Gasteiger partial charge in [0.2, 0.25) is 17.6 Å². The largest absolute Gasteiger partial charge is 0.341 e. The van der Waals surface area contributed by atoms with Gasteiger partial charge in [-0.15, -0.1) is 0 Å². The normalized spacial score (nSPS) is 20.1. The highest BCUT2D eigenvalue weighted by Crippen LogP contribution is 2.32. The van der Waals surface area contributed by atoms with Gasteiger partial charge >= 0.3 is 0 Å². The minimum Gasteiger partial charge on any atom is -0.341 e. The van der Waals surface area contributed by atoms with Crippen LogP contribution < -0.4 is 0 Å². The van der Waals surface area contributed by atoms with Crippen molar-refractivity contribution in [1.29, 1.82) is 0 Å². The van der Waals surface area contributed by atoms with Crippen LogP contribution in [-0.4, -0.2) is 34.0 Å². The minimum atomic E-state index is 0.201. The highest BCUT2D eigenvalue weighted by Gasteiger charge is 2.38. The van der Waals surface area contributed by atoms with E-state index in [9.17, 15) is 4.79 Å². The Morgan fingerprint density at radius 2 is 2.09 bits per heavy atom. The summed E-state index contributed by atoms with van der Waals surface area (Å²) < 4.78 is 5.37. The second-order valence-electron chi connectivity index (χ2n) is 6.24. The van der Waals surface area contributed by atoms with E-state index in [1.54, 1.807) is 11.3 Å².